The van der Waals surface area contributed by atoms with E-state index < -0.39 is 27.9 Å². The van der Waals surface area contributed by atoms with Crippen molar-refractivity contribution in [3.05, 3.63) is 83.4 Å². The summed E-state index contributed by atoms with van der Waals surface area (Å²) in [6, 6.07) is 16.9. The zero-order valence-electron chi connectivity index (χ0n) is 29.4. The van der Waals surface area contributed by atoms with Crippen molar-refractivity contribution in [3.63, 3.8) is 0 Å². The van der Waals surface area contributed by atoms with Crippen LogP contribution < -0.4 is 14.2 Å². The fraction of sp³-hybridized carbons (Fsp3) is 0.459. The quantitative estimate of drug-likeness (QED) is 0.244. The Labute approximate surface area is 295 Å². The number of anilines is 1. The van der Waals surface area contributed by atoms with Gasteiger partial charge in [-0.15, -0.1) is 0 Å². The molecule has 0 saturated heterocycles. The van der Waals surface area contributed by atoms with Crippen LogP contribution in [-0.4, -0.2) is 99.0 Å². The summed E-state index contributed by atoms with van der Waals surface area (Å²) in [7, 11) is -0.527. The summed E-state index contributed by atoms with van der Waals surface area (Å²) in [5.74, 6) is -0.693. The number of carboxylic acid groups (broad SMARTS) is 1. The summed E-state index contributed by atoms with van der Waals surface area (Å²) < 4.78 is 47.0. The molecule has 1 amide bonds. The molecule has 4 atom stereocenters. The van der Waals surface area contributed by atoms with Gasteiger partial charge in [-0.25, -0.2) is 13.2 Å². The van der Waals surface area contributed by atoms with Crippen molar-refractivity contribution in [3.8, 4) is 11.5 Å². The Balaban J connectivity index is 1.61. The van der Waals surface area contributed by atoms with Gasteiger partial charge in [-0.3, -0.25) is 14.4 Å². The van der Waals surface area contributed by atoms with Crippen LogP contribution in [0.3, 0.4) is 0 Å². The first-order chi connectivity index (χ1) is 23.8. The van der Waals surface area contributed by atoms with Gasteiger partial charge in [0.2, 0.25) is 0 Å². The molecule has 3 aromatic carbocycles. The Bertz CT molecular complexity index is 1680. The number of carbonyl (C=O) groups is 2. The summed E-state index contributed by atoms with van der Waals surface area (Å²) in [5, 5.41) is 19.5. The molecule has 50 heavy (non-hydrogen) atoms. The molecule has 3 N–H and O–H groups in total. The maximum atomic E-state index is 14.4. The van der Waals surface area contributed by atoms with E-state index in [1.165, 1.54) is 25.3 Å². The molecular weight excluding hydrogens is 662 g/mol. The third-order valence-corrected chi connectivity index (χ3v) is 10.2. The van der Waals surface area contributed by atoms with Gasteiger partial charge in [0.1, 0.15) is 11.5 Å². The van der Waals surface area contributed by atoms with Crippen molar-refractivity contribution in [1.82, 2.24) is 9.80 Å². The van der Waals surface area contributed by atoms with Gasteiger partial charge < -0.3 is 29.3 Å². The van der Waals surface area contributed by atoms with Crippen molar-refractivity contribution < 1.29 is 42.4 Å². The Morgan fingerprint density at radius 3 is 2.42 bits per heavy atom. The van der Waals surface area contributed by atoms with Gasteiger partial charge in [-0.2, -0.15) is 0 Å². The smallest absolute Gasteiger partial charge is 0.335 e. The number of ether oxygens (including phenoxy) is 3. The number of aliphatic hydroxyl groups is 1. The van der Waals surface area contributed by atoms with E-state index in [0.29, 0.717) is 37.6 Å². The molecule has 0 saturated carbocycles. The third-order valence-electron chi connectivity index (χ3n) is 8.82. The number of fused-ring (bicyclic) bond motifs is 1. The van der Waals surface area contributed by atoms with Gasteiger partial charge in [0.05, 0.1) is 48.0 Å². The van der Waals surface area contributed by atoms with Gasteiger partial charge in [-0.1, -0.05) is 19.1 Å². The zero-order valence-corrected chi connectivity index (χ0v) is 30.2. The maximum absolute atomic E-state index is 14.4. The Hall–Kier alpha value is -4.17. The number of hydrogen-bond donors (Lipinski definition) is 3. The van der Waals surface area contributed by atoms with Crippen LogP contribution in [0.4, 0.5) is 5.69 Å². The molecule has 0 unspecified atom stereocenters. The molecule has 1 aliphatic rings. The predicted molar refractivity (Wildman–Crippen MR) is 190 cm³/mol. The highest BCUT2D eigenvalue weighted by Crippen LogP contribution is 2.30. The minimum absolute atomic E-state index is 0.0345. The van der Waals surface area contributed by atoms with Crippen molar-refractivity contribution >= 4 is 27.6 Å². The molecule has 0 fully saturated rings. The number of aromatic carboxylic acids is 1. The maximum Gasteiger partial charge on any atom is 0.335 e. The zero-order chi connectivity index (χ0) is 36.4. The second kappa shape index (κ2) is 17.7. The highest BCUT2D eigenvalue weighted by molar-refractivity contribution is 7.92. The number of methoxy groups -OCH3 is 1. The normalized spacial score (nSPS) is 19.9. The highest BCUT2D eigenvalue weighted by Gasteiger charge is 2.31. The number of likely N-dealkylation sites (N-methyl/N-ethyl adjacent to an activating group) is 1. The molecule has 1 aliphatic heterocycles. The highest BCUT2D eigenvalue weighted by atomic mass is 32.2. The number of sulfonamides is 1. The van der Waals surface area contributed by atoms with Crippen molar-refractivity contribution in [1.29, 1.82) is 0 Å². The molecule has 13 heteroatoms. The van der Waals surface area contributed by atoms with E-state index in [0.717, 1.165) is 18.4 Å². The number of hydrogen-bond acceptors (Lipinski definition) is 9. The van der Waals surface area contributed by atoms with E-state index in [1.54, 1.807) is 60.4 Å². The second-order valence-electron chi connectivity index (χ2n) is 13.0. The fourth-order valence-electron chi connectivity index (χ4n) is 5.85. The summed E-state index contributed by atoms with van der Waals surface area (Å²) in [6.45, 7) is 7.31. The Morgan fingerprint density at radius 2 is 1.78 bits per heavy atom. The van der Waals surface area contributed by atoms with E-state index in [1.807, 2.05) is 20.9 Å². The lowest BCUT2D eigenvalue weighted by atomic mass is 10.0. The van der Waals surface area contributed by atoms with Crippen LogP contribution in [0.15, 0.2) is 71.6 Å². The van der Waals surface area contributed by atoms with Crippen LogP contribution in [0.2, 0.25) is 0 Å². The lowest BCUT2D eigenvalue weighted by Gasteiger charge is -2.36. The molecule has 1 heterocycles. The largest absolute Gasteiger partial charge is 0.497 e. The minimum atomic E-state index is -3.99. The van der Waals surface area contributed by atoms with Gasteiger partial charge in [0.15, 0.2) is 0 Å². The van der Waals surface area contributed by atoms with Crippen molar-refractivity contribution in [2.75, 3.05) is 45.2 Å². The SMILES string of the molecule is COc1ccc(S(=O)(=O)Nc2ccc3c(c2)C(=O)N([C@@H](C)CO)C[C@@H](C)[C@@H](CN(C)Cc2ccc(C(=O)O)cc2)OCCCC[C@H](C)O3)cc1. The fourth-order valence-corrected chi connectivity index (χ4v) is 6.90. The molecule has 3 aromatic rings. The van der Waals surface area contributed by atoms with Gasteiger partial charge in [0, 0.05) is 37.8 Å². The summed E-state index contributed by atoms with van der Waals surface area (Å²) in [4.78, 5) is 29.4. The molecular formula is C37H49N3O9S. The average Bonchev–Trinajstić information content (AvgIpc) is 3.09. The first kappa shape index (κ1) is 38.6. The van der Waals surface area contributed by atoms with E-state index in [4.69, 9.17) is 14.2 Å². The standard InChI is InChI=1S/C37H49N3O9S/c1-25-21-40(26(2)24-41)36(42)33-20-30(38-50(45,46)32-16-14-31(47-5)15-17-32)13-18-34(33)49-27(3)8-6-7-19-48-35(25)23-39(4)22-28-9-11-29(12-10-28)37(43)44/h9-18,20,25-27,35,38,41H,6-8,19,21-24H2,1-5H3,(H,43,44)/t25-,26+,27+,35-/m1/s1. The first-order valence-electron chi connectivity index (χ1n) is 16.8. The van der Waals surface area contributed by atoms with Gasteiger partial charge >= 0.3 is 5.97 Å². The monoisotopic (exact) mass is 711 g/mol. The van der Waals surface area contributed by atoms with E-state index in [9.17, 15) is 28.2 Å². The molecule has 0 aliphatic carbocycles. The van der Waals surface area contributed by atoms with Crippen LogP contribution in [0.1, 0.15) is 66.3 Å². The first-order valence-corrected chi connectivity index (χ1v) is 18.3. The summed E-state index contributed by atoms with van der Waals surface area (Å²) in [5.41, 5.74) is 1.55. The predicted octanol–water partition coefficient (Wildman–Crippen LogP) is 5.12. The van der Waals surface area contributed by atoms with Crippen LogP contribution in [0.25, 0.3) is 0 Å². The van der Waals surface area contributed by atoms with Crippen LogP contribution >= 0.6 is 0 Å². The number of aliphatic hydroxyl groups excluding tert-OH is 1. The average molecular weight is 712 g/mol. The van der Waals surface area contributed by atoms with Crippen LogP contribution in [-0.2, 0) is 21.3 Å². The molecule has 4 rings (SSSR count). The number of carbonyl (C=O) groups excluding carboxylic acids is 1. The van der Waals surface area contributed by atoms with Crippen molar-refractivity contribution in [2.24, 2.45) is 5.92 Å². The van der Waals surface area contributed by atoms with Crippen LogP contribution in [0, 0.1) is 5.92 Å². The lowest BCUT2D eigenvalue weighted by Crippen LogP contribution is -2.47. The summed E-state index contributed by atoms with van der Waals surface area (Å²) >= 11 is 0. The molecule has 272 valence electrons. The molecule has 0 spiro atoms. The lowest BCUT2D eigenvalue weighted by molar-refractivity contribution is -0.0177. The Morgan fingerprint density at radius 1 is 1.08 bits per heavy atom. The minimum Gasteiger partial charge on any atom is -0.497 e. The Kier molecular flexibility index (Phi) is 13.6. The van der Waals surface area contributed by atoms with E-state index >= 15 is 0 Å². The van der Waals surface area contributed by atoms with Crippen molar-refractivity contribution in [2.45, 2.75) is 69.7 Å². The number of benzene rings is 3. The molecule has 0 aromatic heterocycles. The second-order valence-corrected chi connectivity index (χ2v) is 14.7. The van der Waals surface area contributed by atoms with E-state index in [2.05, 4.69) is 9.62 Å². The molecule has 12 nitrogen and oxygen atoms in total. The summed E-state index contributed by atoms with van der Waals surface area (Å²) in [6.07, 6.45) is 1.87. The number of carboxylic acids is 1. The third kappa shape index (κ3) is 10.4. The topological polar surface area (TPSA) is 155 Å². The number of nitrogens with one attached hydrogen (secondary N) is 1. The van der Waals surface area contributed by atoms with Crippen LogP contribution in [0.5, 0.6) is 11.5 Å². The van der Waals surface area contributed by atoms with Gasteiger partial charge in [0.25, 0.3) is 15.9 Å². The number of amides is 1. The number of nitrogens with zero attached hydrogens (tertiary/aromatic N) is 2. The number of rotatable bonds is 11. The molecule has 0 bridgehead atoms. The van der Waals surface area contributed by atoms with Gasteiger partial charge in [-0.05, 0) is 100 Å². The molecule has 0 radical (unpaired) electrons. The van der Waals surface area contributed by atoms with E-state index in [-0.39, 0.29) is 53.0 Å².